The summed E-state index contributed by atoms with van der Waals surface area (Å²) in [7, 11) is 0. The zero-order valence-electron chi connectivity index (χ0n) is 36.3. The molecule has 0 aliphatic heterocycles. The number of hydrogen-bond donors (Lipinski definition) is 4. The molecule has 0 aromatic heterocycles. The summed E-state index contributed by atoms with van der Waals surface area (Å²) in [4.78, 5) is 47.5. The second-order valence-corrected chi connectivity index (χ2v) is 15.5. The van der Waals surface area contributed by atoms with Crippen LogP contribution >= 0.6 is 0 Å². The number of aliphatic hydroxyl groups excluding tert-OH is 1. The highest BCUT2D eigenvalue weighted by Crippen LogP contribution is 2.19. The highest BCUT2D eigenvalue weighted by atomic mass is 16.5. The zero-order chi connectivity index (χ0) is 41.9. The van der Waals surface area contributed by atoms with Gasteiger partial charge >= 0.3 is 11.9 Å². The number of rotatable bonds is 41. The number of carbonyl (C=O) groups is 4. The molecule has 0 saturated heterocycles. The van der Waals surface area contributed by atoms with Gasteiger partial charge in [0, 0.05) is 12.8 Å². The average molecular weight is 801 g/mol. The van der Waals surface area contributed by atoms with Crippen molar-refractivity contribution in [3.63, 3.8) is 0 Å². The third kappa shape index (κ3) is 39.4. The van der Waals surface area contributed by atoms with E-state index in [1.165, 1.54) is 89.9 Å². The van der Waals surface area contributed by atoms with Crippen molar-refractivity contribution in [1.29, 1.82) is 0 Å². The van der Waals surface area contributed by atoms with Gasteiger partial charge in [0.25, 0.3) is 0 Å². The Hall–Kier alpha value is -3.20. The van der Waals surface area contributed by atoms with Gasteiger partial charge in [0.05, 0.1) is 13.2 Å². The molecule has 4 N–H and O–H groups in total. The first kappa shape index (κ1) is 53.8. The fourth-order valence-electron chi connectivity index (χ4n) is 6.59. The summed E-state index contributed by atoms with van der Waals surface area (Å²) in [5.74, 6) is -2.30. The van der Waals surface area contributed by atoms with Gasteiger partial charge in [0.2, 0.25) is 11.8 Å². The Kier molecular flexibility index (Phi) is 40.0. The lowest BCUT2D eigenvalue weighted by Crippen LogP contribution is -2.47. The molecular weight excluding hydrogens is 717 g/mol. The van der Waals surface area contributed by atoms with Gasteiger partial charge in [-0.05, 0) is 77.0 Å². The molecule has 0 saturated carbocycles. The van der Waals surface area contributed by atoms with Crippen molar-refractivity contribution in [2.24, 2.45) is 0 Å². The molecule has 0 bridgehead atoms. The number of aliphatic hydroxyl groups is 1. The Labute approximate surface area is 348 Å². The summed E-state index contributed by atoms with van der Waals surface area (Å²) < 4.78 is 6.00. The summed E-state index contributed by atoms with van der Waals surface area (Å²) >= 11 is 0. The molecule has 0 aliphatic carbocycles. The normalized spacial score (nSPS) is 12.9. The van der Waals surface area contributed by atoms with E-state index in [1.54, 1.807) is 0 Å². The predicted octanol–water partition coefficient (Wildman–Crippen LogP) is 11.5. The number of esters is 1. The van der Waals surface area contributed by atoms with E-state index in [-0.39, 0.29) is 24.5 Å². The van der Waals surface area contributed by atoms with Crippen LogP contribution in [0, 0.1) is 0 Å². The summed E-state index contributed by atoms with van der Waals surface area (Å²) in [5.41, 5.74) is 0. The maximum atomic E-state index is 12.7. The van der Waals surface area contributed by atoms with Gasteiger partial charge in [0.15, 0.2) is 0 Å². The van der Waals surface area contributed by atoms with Gasteiger partial charge < -0.3 is 25.6 Å². The number of unbranched alkanes of at least 4 members (excludes halogenated alkanes) is 19. The van der Waals surface area contributed by atoms with E-state index in [1.807, 2.05) is 0 Å². The SMILES string of the molecule is CC/C=C\C/C=C\C/C=C\C/C=C\CCCCCCCCCCCCC(=O)OC(CCCCCCCC)CCCCCCCC(=O)NCC(=O)NC(CO)C(=O)O. The Morgan fingerprint density at radius 3 is 1.51 bits per heavy atom. The van der Waals surface area contributed by atoms with E-state index in [0.29, 0.717) is 19.3 Å². The van der Waals surface area contributed by atoms with Crippen LogP contribution in [0.5, 0.6) is 0 Å². The average Bonchev–Trinajstić information content (AvgIpc) is 3.20. The minimum atomic E-state index is -1.38. The van der Waals surface area contributed by atoms with Crippen LogP contribution in [0.2, 0.25) is 0 Å². The molecule has 2 unspecified atom stereocenters. The Morgan fingerprint density at radius 2 is 1.00 bits per heavy atom. The molecule has 9 heteroatoms. The lowest BCUT2D eigenvalue weighted by Gasteiger charge is -2.18. The Bertz CT molecular complexity index is 1100. The van der Waals surface area contributed by atoms with E-state index in [0.717, 1.165) is 83.5 Å². The molecule has 0 heterocycles. The van der Waals surface area contributed by atoms with E-state index < -0.39 is 24.5 Å². The first-order valence-electron chi connectivity index (χ1n) is 23.0. The van der Waals surface area contributed by atoms with Crippen LogP contribution in [0.1, 0.15) is 206 Å². The minimum absolute atomic E-state index is 0.0129. The van der Waals surface area contributed by atoms with Crippen molar-refractivity contribution in [2.45, 2.75) is 219 Å². The van der Waals surface area contributed by atoms with Gasteiger partial charge in [-0.3, -0.25) is 14.4 Å². The van der Waals surface area contributed by atoms with Crippen molar-refractivity contribution in [3.8, 4) is 0 Å². The second kappa shape index (κ2) is 42.4. The van der Waals surface area contributed by atoms with Crippen LogP contribution in [0.25, 0.3) is 0 Å². The molecule has 0 aromatic carbocycles. The number of ether oxygens (including phenoxy) is 1. The number of aliphatic carboxylic acids is 1. The van der Waals surface area contributed by atoms with Crippen molar-refractivity contribution in [3.05, 3.63) is 48.6 Å². The lowest BCUT2D eigenvalue weighted by atomic mass is 10.0. The monoisotopic (exact) mass is 801 g/mol. The molecule has 0 spiro atoms. The van der Waals surface area contributed by atoms with Gasteiger partial charge in [-0.15, -0.1) is 0 Å². The molecule has 2 amide bonds. The molecule has 2 atom stereocenters. The lowest BCUT2D eigenvalue weighted by molar-refractivity contribution is -0.150. The number of amides is 2. The molecule has 0 radical (unpaired) electrons. The van der Waals surface area contributed by atoms with Crippen LogP contribution in [-0.4, -0.2) is 59.3 Å². The van der Waals surface area contributed by atoms with Crippen LogP contribution < -0.4 is 10.6 Å². The standard InChI is InChI=1S/C48H84N2O7/c1-3-5-7-9-11-12-13-14-15-16-17-18-19-20-21-22-23-24-25-26-27-32-36-40-47(54)57-43(37-33-29-10-8-6-4-2)38-34-30-28-31-35-39-45(52)49-41-46(53)50-44(42-51)48(55)56/h5,7,11-12,14-15,17-18,43-44,51H,3-4,6,8-10,13,16,19-42H2,1-2H3,(H,49,52)(H,50,53)(H,55,56)/b7-5-,12-11-,15-14-,18-17-. The quantitative estimate of drug-likeness (QED) is 0.0274. The predicted molar refractivity (Wildman–Crippen MR) is 236 cm³/mol. The van der Waals surface area contributed by atoms with Crippen LogP contribution in [0.15, 0.2) is 48.6 Å². The van der Waals surface area contributed by atoms with E-state index in [2.05, 4.69) is 73.1 Å². The second-order valence-electron chi connectivity index (χ2n) is 15.5. The highest BCUT2D eigenvalue weighted by molar-refractivity contribution is 5.87. The molecule has 0 rings (SSSR count). The summed E-state index contributed by atoms with van der Waals surface area (Å²) in [6.07, 6.45) is 50.2. The maximum absolute atomic E-state index is 12.7. The number of nitrogens with one attached hydrogen (secondary N) is 2. The van der Waals surface area contributed by atoms with Gasteiger partial charge in [-0.1, -0.05) is 165 Å². The fraction of sp³-hybridized carbons (Fsp3) is 0.750. The summed E-state index contributed by atoms with van der Waals surface area (Å²) in [6, 6.07) is -1.38. The number of allylic oxidation sites excluding steroid dienone is 8. The van der Waals surface area contributed by atoms with Gasteiger partial charge in [-0.2, -0.15) is 0 Å². The molecular formula is C48H84N2O7. The Balaban J connectivity index is 4.02. The van der Waals surface area contributed by atoms with E-state index in [4.69, 9.17) is 14.9 Å². The smallest absolute Gasteiger partial charge is 0.328 e. The number of carboxylic acids is 1. The van der Waals surface area contributed by atoms with Crippen LogP contribution in [0.3, 0.4) is 0 Å². The van der Waals surface area contributed by atoms with Gasteiger partial charge in [-0.25, -0.2) is 4.79 Å². The molecule has 328 valence electrons. The third-order valence-corrected chi connectivity index (χ3v) is 10.1. The Morgan fingerprint density at radius 1 is 0.544 bits per heavy atom. The van der Waals surface area contributed by atoms with Gasteiger partial charge in [0.1, 0.15) is 12.1 Å². The summed E-state index contributed by atoms with van der Waals surface area (Å²) in [5, 5.41) is 22.5. The molecule has 0 aliphatic rings. The third-order valence-electron chi connectivity index (χ3n) is 10.1. The molecule has 57 heavy (non-hydrogen) atoms. The van der Waals surface area contributed by atoms with Crippen molar-refractivity contribution >= 4 is 23.8 Å². The van der Waals surface area contributed by atoms with E-state index >= 15 is 0 Å². The molecule has 0 aromatic rings. The number of carboxylic acid groups (broad SMARTS) is 1. The first-order chi connectivity index (χ1) is 27.8. The minimum Gasteiger partial charge on any atom is -0.480 e. The van der Waals surface area contributed by atoms with Crippen LogP contribution in [0.4, 0.5) is 0 Å². The fourth-order valence-corrected chi connectivity index (χ4v) is 6.59. The van der Waals surface area contributed by atoms with Crippen molar-refractivity contribution < 1.29 is 34.1 Å². The summed E-state index contributed by atoms with van der Waals surface area (Å²) in [6.45, 7) is 3.35. The zero-order valence-corrected chi connectivity index (χ0v) is 36.3. The number of hydrogen-bond acceptors (Lipinski definition) is 6. The van der Waals surface area contributed by atoms with Crippen molar-refractivity contribution in [1.82, 2.24) is 10.6 Å². The van der Waals surface area contributed by atoms with Crippen LogP contribution in [-0.2, 0) is 23.9 Å². The highest BCUT2D eigenvalue weighted by Gasteiger charge is 2.19. The molecule has 9 nitrogen and oxygen atoms in total. The maximum Gasteiger partial charge on any atom is 0.328 e. The van der Waals surface area contributed by atoms with Crippen molar-refractivity contribution in [2.75, 3.05) is 13.2 Å². The van der Waals surface area contributed by atoms with E-state index in [9.17, 15) is 19.2 Å². The largest absolute Gasteiger partial charge is 0.480 e. The topological polar surface area (TPSA) is 142 Å². The molecule has 0 fully saturated rings. The number of carbonyl (C=O) groups excluding carboxylic acids is 3. The first-order valence-corrected chi connectivity index (χ1v) is 23.0.